The standard InChI is InChI=1S/C14H23NO/c1-11-5-3-6-13(9-11)10-15-12(2)14-7-4-8-16-14/h4,7-8,11-13,15H,3,5-6,9-10H2,1-2H3. The van der Waals surface area contributed by atoms with Gasteiger partial charge in [0.05, 0.1) is 12.3 Å². The Kier molecular flexibility index (Phi) is 4.05. The van der Waals surface area contributed by atoms with Crippen molar-refractivity contribution in [2.45, 2.75) is 45.6 Å². The average Bonchev–Trinajstić information content (AvgIpc) is 2.79. The van der Waals surface area contributed by atoms with Crippen LogP contribution in [0.1, 0.15) is 51.3 Å². The number of furan rings is 1. The molecule has 90 valence electrons. The van der Waals surface area contributed by atoms with Crippen molar-refractivity contribution in [1.29, 1.82) is 0 Å². The van der Waals surface area contributed by atoms with Crippen LogP contribution in [0.2, 0.25) is 0 Å². The molecule has 2 nitrogen and oxygen atoms in total. The predicted molar refractivity (Wildman–Crippen MR) is 66.2 cm³/mol. The topological polar surface area (TPSA) is 25.2 Å². The zero-order valence-corrected chi connectivity index (χ0v) is 10.4. The molecule has 1 fully saturated rings. The summed E-state index contributed by atoms with van der Waals surface area (Å²) >= 11 is 0. The average molecular weight is 221 g/mol. The summed E-state index contributed by atoms with van der Waals surface area (Å²) in [6.45, 7) is 5.68. The van der Waals surface area contributed by atoms with Crippen molar-refractivity contribution >= 4 is 0 Å². The lowest BCUT2D eigenvalue weighted by Gasteiger charge is -2.27. The maximum absolute atomic E-state index is 5.39. The monoisotopic (exact) mass is 221 g/mol. The van der Waals surface area contributed by atoms with Gasteiger partial charge < -0.3 is 9.73 Å². The highest BCUT2D eigenvalue weighted by Crippen LogP contribution is 2.28. The van der Waals surface area contributed by atoms with Crippen molar-refractivity contribution in [3.05, 3.63) is 24.2 Å². The van der Waals surface area contributed by atoms with E-state index in [0.717, 1.165) is 24.1 Å². The third-order valence-electron chi connectivity index (χ3n) is 3.73. The summed E-state index contributed by atoms with van der Waals surface area (Å²) in [6.07, 6.45) is 7.35. The van der Waals surface area contributed by atoms with E-state index in [1.165, 1.54) is 25.7 Å². The van der Waals surface area contributed by atoms with Crippen molar-refractivity contribution in [1.82, 2.24) is 5.32 Å². The summed E-state index contributed by atoms with van der Waals surface area (Å²) in [5, 5.41) is 3.58. The second-order valence-electron chi connectivity index (χ2n) is 5.28. The molecule has 0 saturated heterocycles. The molecular weight excluding hydrogens is 198 g/mol. The highest BCUT2D eigenvalue weighted by atomic mass is 16.3. The second-order valence-corrected chi connectivity index (χ2v) is 5.28. The number of rotatable bonds is 4. The van der Waals surface area contributed by atoms with E-state index >= 15 is 0 Å². The summed E-state index contributed by atoms with van der Waals surface area (Å²) in [4.78, 5) is 0. The molecule has 0 spiro atoms. The number of hydrogen-bond acceptors (Lipinski definition) is 2. The van der Waals surface area contributed by atoms with Crippen LogP contribution in [0, 0.1) is 11.8 Å². The summed E-state index contributed by atoms with van der Waals surface area (Å²) in [5.41, 5.74) is 0. The minimum atomic E-state index is 0.340. The Morgan fingerprint density at radius 1 is 1.50 bits per heavy atom. The van der Waals surface area contributed by atoms with E-state index in [-0.39, 0.29) is 0 Å². The molecule has 2 rings (SSSR count). The lowest BCUT2D eigenvalue weighted by atomic mass is 9.82. The molecule has 1 N–H and O–H groups in total. The van der Waals surface area contributed by atoms with E-state index in [9.17, 15) is 0 Å². The van der Waals surface area contributed by atoms with E-state index in [1.54, 1.807) is 6.26 Å². The molecule has 1 aliphatic rings. The van der Waals surface area contributed by atoms with Gasteiger partial charge in [0.1, 0.15) is 5.76 Å². The zero-order chi connectivity index (χ0) is 11.4. The lowest BCUT2D eigenvalue weighted by Crippen LogP contribution is -2.28. The van der Waals surface area contributed by atoms with Gasteiger partial charge in [-0.2, -0.15) is 0 Å². The van der Waals surface area contributed by atoms with Gasteiger partial charge in [-0.3, -0.25) is 0 Å². The summed E-state index contributed by atoms with van der Waals surface area (Å²) in [5.74, 6) is 2.82. The minimum Gasteiger partial charge on any atom is -0.468 e. The molecule has 0 aromatic carbocycles. The largest absolute Gasteiger partial charge is 0.468 e. The molecule has 0 amide bonds. The van der Waals surface area contributed by atoms with E-state index in [4.69, 9.17) is 4.42 Å². The second kappa shape index (κ2) is 5.53. The SMILES string of the molecule is CC1CCCC(CNC(C)c2ccco2)C1. The Bertz CT molecular complexity index is 294. The van der Waals surface area contributed by atoms with Crippen molar-refractivity contribution < 1.29 is 4.42 Å². The molecule has 16 heavy (non-hydrogen) atoms. The van der Waals surface area contributed by atoms with Gasteiger partial charge in [-0.15, -0.1) is 0 Å². The first kappa shape index (κ1) is 11.7. The van der Waals surface area contributed by atoms with E-state index < -0.39 is 0 Å². The van der Waals surface area contributed by atoms with Crippen molar-refractivity contribution in [3.63, 3.8) is 0 Å². The molecule has 0 aliphatic heterocycles. The lowest BCUT2D eigenvalue weighted by molar-refractivity contribution is 0.264. The molecular formula is C14H23NO. The van der Waals surface area contributed by atoms with Crippen LogP contribution in [0.4, 0.5) is 0 Å². The predicted octanol–water partition coefficient (Wildman–Crippen LogP) is 3.76. The summed E-state index contributed by atoms with van der Waals surface area (Å²) in [7, 11) is 0. The van der Waals surface area contributed by atoms with Crippen LogP contribution in [0.3, 0.4) is 0 Å². The molecule has 1 heterocycles. The van der Waals surface area contributed by atoms with Gasteiger partial charge in [0, 0.05) is 0 Å². The fraction of sp³-hybridized carbons (Fsp3) is 0.714. The zero-order valence-electron chi connectivity index (χ0n) is 10.4. The fourth-order valence-electron chi connectivity index (χ4n) is 2.73. The molecule has 2 heteroatoms. The van der Waals surface area contributed by atoms with Crippen molar-refractivity contribution in [2.24, 2.45) is 11.8 Å². The van der Waals surface area contributed by atoms with E-state index in [0.29, 0.717) is 6.04 Å². The van der Waals surface area contributed by atoms with Crippen LogP contribution < -0.4 is 5.32 Å². The van der Waals surface area contributed by atoms with Gasteiger partial charge in [-0.1, -0.05) is 19.8 Å². The van der Waals surface area contributed by atoms with Gasteiger partial charge in [0.2, 0.25) is 0 Å². The molecule has 1 saturated carbocycles. The van der Waals surface area contributed by atoms with Crippen LogP contribution >= 0.6 is 0 Å². The van der Waals surface area contributed by atoms with Gasteiger partial charge >= 0.3 is 0 Å². The third-order valence-corrected chi connectivity index (χ3v) is 3.73. The quantitative estimate of drug-likeness (QED) is 0.837. The van der Waals surface area contributed by atoms with E-state index in [1.807, 2.05) is 12.1 Å². The normalized spacial score (nSPS) is 27.9. The van der Waals surface area contributed by atoms with Crippen LogP contribution in [0.5, 0.6) is 0 Å². The Morgan fingerprint density at radius 2 is 2.38 bits per heavy atom. The third kappa shape index (κ3) is 3.11. The summed E-state index contributed by atoms with van der Waals surface area (Å²) in [6, 6.07) is 4.34. The highest BCUT2D eigenvalue weighted by molar-refractivity contribution is 5.02. The first-order chi connectivity index (χ1) is 7.75. The van der Waals surface area contributed by atoms with Crippen LogP contribution in [-0.2, 0) is 0 Å². The van der Waals surface area contributed by atoms with Crippen LogP contribution in [0.25, 0.3) is 0 Å². The number of hydrogen-bond donors (Lipinski definition) is 1. The van der Waals surface area contributed by atoms with Gasteiger partial charge in [0.25, 0.3) is 0 Å². The van der Waals surface area contributed by atoms with Gasteiger partial charge in [-0.05, 0) is 50.3 Å². The first-order valence-corrected chi connectivity index (χ1v) is 6.52. The summed E-state index contributed by atoms with van der Waals surface area (Å²) < 4.78 is 5.39. The van der Waals surface area contributed by atoms with Gasteiger partial charge in [-0.25, -0.2) is 0 Å². The molecule has 1 aromatic heterocycles. The molecule has 1 aliphatic carbocycles. The van der Waals surface area contributed by atoms with Crippen molar-refractivity contribution in [2.75, 3.05) is 6.54 Å². The minimum absolute atomic E-state index is 0.340. The van der Waals surface area contributed by atoms with Crippen LogP contribution in [-0.4, -0.2) is 6.54 Å². The first-order valence-electron chi connectivity index (χ1n) is 6.52. The maximum Gasteiger partial charge on any atom is 0.120 e. The smallest absolute Gasteiger partial charge is 0.120 e. The van der Waals surface area contributed by atoms with Crippen molar-refractivity contribution in [3.8, 4) is 0 Å². The Morgan fingerprint density at radius 3 is 3.06 bits per heavy atom. The Labute approximate surface area is 98.4 Å². The number of nitrogens with one attached hydrogen (secondary N) is 1. The molecule has 3 unspecified atom stereocenters. The molecule has 3 atom stereocenters. The van der Waals surface area contributed by atoms with E-state index in [2.05, 4.69) is 19.2 Å². The highest BCUT2D eigenvalue weighted by Gasteiger charge is 2.19. The fourth-order valence-corrected chi connectivity index (χ4v) is 2.73. The Balaban J connectivity index is 1.74. The van der Waals surface area contributed by atoms with Crippen LogP contribution in [0.15, 0.2) is 22.8 Å². The maximum atomic E-state index is 5.39. The van der Waals surface area contributed by atoms with Gasteiger partial charge in [0.15, 0.2) is 0 Å². The Hall–Kier alpha value is -0.760. The molecule has 0 bridgehead atoms. The molecule has 1 aromatic rings. The molecule has 0 radical (unpaired) electrons.